The molecule has 0 fully saturated rings. The fraction of sp³-hybridized carbons (Fsp3) is 0.759. The van der Waals surface area contributed by atoms with E-state index in [-0.39, 0.29) is 37.5 Å². The topological polar surface area (TPSA) is 78.9 Å². The lowest BCUT2D eigenvalue weighted by Gasteiger charge is -2.18. The monoisotopic (exact) mass is 839 g/mol. The molecule has 0 aliphatic heterocycles. The van der Waals surface area contributed by atoms with Crippen LogP contribution in [-0.4, -0.2) is 37.2 Å². The number of unbranched alkanes of at least 4 members (excludes halogenated alkanes) is 24. The summed E-state index contributed by atoms with van der Waals surface area (Å²) in [5.41, 5.74) is 0. The molecular formula is C54H94O6. The van der Waals surface area contributed by atoms with Crippen LogP contribution in [-0.2, 0) is 28.6 Å². The van der Waals surface area contributed by atoms with E-state index in [1.807, 2.05) is 0 Å². The number of carbonyl (C=O) groups is 3. The molecule has 0 aromatic rings. The lowest BCUT2D eigenvalue weighted by molar-refractivity contribution is -0.167. The third kappa shape index (κ3) is 46.2. The van der Waals surface area contributed by atoms with Gasteiger partial charge < -0.3 is 14.2 Å². The van der Waals surface area contributed by atoms with Crippen molar-refractivity contribution in [2.45, 2.75) is 252 Å². The minimum atomic E-state index is -0.791. The van der Waals surface area contributed by atoms with Crippen LogP contribution in [0.2, 0.25) is 0 Å². The minimum absolute atomic E-state index is 0.0885. The van der Waals surface area contributed by atoms with E-state index in [0.717, 1.165) is 77.0 Å². The summed E-state index contributed by atoms with van der Waals surface area (Å²) in [6.07, 6.45) is 59.2. The fourth-order valence-electron chi connectivity index (χ4n) is 7.01. The molecule has 0 radical (unpaired) electrons. The molecule has 0 aliphatic rings. The second-order valence-electron chi connectivity index (χ2n) is 16.7. The molecule has 0 amide bonds. The summed E-state index contributed by atoms with van der Waals surface area (Å²) in [6.45, 7) is 6.48. The highest BCUT2D eigenvalue weighted by atomic mass is 16.6. The van der Waals surface area contributed by atoms with Crippen LogP contribution in [0.4, 0.5) is 0 Å². The van der Waals surface area contributed by atoms with E-state index in [2.05, 4.69) is 81.5 Å². The second kappa shape index (κ2) is 48.8. The van der Waals surface area contributed by atoms with E-state index in [9.17, 15) is 14.4 Å². The number of hydrogen-bond acceptors (Lipinski definition) is 6. The third-order valence-electron chi connectivity index (χ3n) is 10.8. The van der Waals surface area contributed by atoms with E-state index in [1.165, 1.54) is 122 Å². The Hall–Kier alpha value is -2.89. The van der Waals surface area contributed by atoms with Gasteiger partial charge in [0.2, 0.25) is 0 Å². The first-order valence-electron chi connectivity index (χ1n) is 25.3. The summed E-state index contributed by atoms with van der Waals surface area (Å²) in [4.78, 5) is 37.9. The second-order valence-corrected chi connectivity index (χ2v) is 16.7. The van der Waals surface area contributed by atoms with Crippen molar-refractivity contribution in [3.63, 3.8) is 0 Å². The van der Waals surface area contributed by atoms with Crippen molar-refractivity contribution in [1.82, 2.24) is 0 Å². The number of allylic oxidation sites excluding steroid dienone is 10. The number of ether oxygens (including phenoxy) is 3. The quantitative estimate of drug-likeness (QED) is 0.0263. The predicted molar refractivity (Wildman–Crippen MR) is 256 cm³/mol. The molecule has 0 N–H and O–H groups in total. The SMILES string of the molecule is CC/C=C\C/C=C\C/C=C\C/C=C\C/C=C\CCCC(=O)OC[C@H](COC(=O)CCCCCCCCCCCCCC)OC(=O)CCCCCCCCCCCCCCC. The van der Waals surface area contributed by atoms with Crippen LogP contribution in [0.1, 0.15) is 245 Å². The minimum Gasteiger partial charge on any atom is -0.462 e. The van der Waals surface area contributed by atoms with E-state index in [4.69, 9.17) is 14.2 Å². The molecule has 0 spiro atoms. The Labute approximate surface area is 370 Å². The molecule has 0 aromatic carbocycles. The largest absolute Gasteiger partial charge is 0.462 e. The van der Waals surface area contributed by atoms with Crippen LogP contribution in [0.3, 0.4) is 0 Å². The molecule has 0 rings (SSSR count). The zero-order valence-corrected chi connectivity index (χ0v) is 39.5. The van der Waals surface area contributed by atoms with Gasteiger partial charge in [-0.25, -0.2) is 0 Å². The van der Waals surface area contributed by atoms with Crippen LogP contribution in [0, 0.1) is 0 Å². The normalized spacial score (nSPS) is 12.5. The summed E-state index contributed by atoms with van der Waals surface area (Å²) in [6, 6.07) is 0. The van der Waals surface area contributed by atoms with E-state index in [0.29, 0.717) is 19.3 Å². The molecule has 6 nitrogen and oxygen atoms in total. The van der Waals surface area contributed by atoms with Crippen molar-refractivity contribution in [2.24, 2.45) is 0 Å². The van der Waals surface area contributed by atoms with Gasteiger partial charge in [0.15, 0.2) is 6.10 Å². The zero-order chi connectivity index (χ0) is 43.7. The van der Waals surface area contributed by atoms with Crippen LogP contribution in [0.15, 0.2) is 60.8 Å². The van der Waals surface area contributed by atoms with E-state index in [1.54, 1.807) is 0 Å². The van der Waals surface area contributed by atoms with Crippen LogP contribution >= 0.6 is 0 Å². The Morgan fingerprint density at radius 3 is 1.02 bits per heavy atom. The zero-order valence-electron chi connectivity index (χ0n) is 39.5. The predicted octanol–water partition coefficient (Wildman–Crippen LogP) is 16.5. The lowest BCUT2D eigenvalue weighted by atomic mass is 10.0. The first kappa shape index (κ1) is 57.1. The molecule has 0 bridgehead atoms. The average Bonchev–Trinajstić information content (AvgIpc) is 3.24. The highest BCUT2D eigenvalue weighted by Crippen LogP contribution is 2.15. The smallest absolute Gasteiger partial charge is 0.306 e. The molecule has 0 saturated heterocycles. The van der Waals surface area contributed by atoms with Gasteiger partial charge in [0, 0.05) is 19.3 Å². The van der Waals surface area contributed by atoms with Crippen molar-refractivity contribution >= 4 is 17.9 Å². The van der Waals surface area contributed by atoms with Gasteiger partial charge in [-0.1, -0.05) is 229 Å². The fourth-order valence-corrected chi connectivity index (χ4v) is 7.01. The van der Waals surface area contributed by atoms with Crippen LogP contribution < -0.4 is 0 Å². The molecule has 0 aromatic heterocycles. The van der Waals surface area contributed by atoms with Gasteiger partial charge in [0.05, 0.1) is 0 Å². The maximum atomic E-state index is 12.8. The molecular weight excluding hydrogens is 745 g/mol. The van der Waals surface area contributed by atoms with Crippen molar-refractivity contribution in [2.75, 3.05) is 13.2 Å². The first-order valence-corrected chi connectivity index (χ1v) is 25.3. The van der Waals surface area contributed by atoms with Crippen molar-refractivity contribution in [3.8, 4) is 0 Å². The van der Waals surface area contributed by atoms with Crippen molar-refractivity contribution < 1.29 is 28.6 Å². The van der Waals surface area contributed by atoms with Crippen LogP contribution in [0.5, 0.6) is 0 Å². The summed E-state index contributed by atoms with van der Waals surface area (Å²) in [5, 5.41) is 0. The molecule has 346 valence electrons. The maximum Gasteiger partial charge on any atom is 0.306 e. The summed E-state index contributed by atoms with van der Waals surface area (Å²) >= 11 is 0. The number of rotatable bonds is 45. The average molecular weight is 839 g/mol. The van der Waals surface area contributed by atoms with Gasteiger partial charge in [0.1, 0.15) is 13.2 Å². The molecule has 1 atom stereocenters. The van der Waals surface area contributed by atoms with Gasteiger partial charge in [-0.05, 0) is 57.8 Å². The van der Waals surface area contributed by atoms with Gasteiger partial charge in [-0.15, -0.1) is 0 Å². The number of esters is 3. The summed E-state index contributed by atoms with van der Waals surface area (Å²) in [7, 11) is 0. The molecule has 0 aliphatic carbocycles. The highest BCUT2D eigenvalue weighted by Gasteiger charge is 2.19. The summed E-state index contributed by atoms with van der Waals surface area (Å²) in [5.74, 6) is -0.944. The standard InChI is InChI=1S/C54H94O6/c1-4-7-10-13-16-19-22-25-26-27-28-30-32-35-38-41-44-47-53(56)59-50-51(49-58-52(55)46-43-40-37-34-31-24-21-18-15-12-9-6-3)60-54(57)48-45-42-39-36-33-29-23-20-17-14-11-8-5-2/h7,10,16,19,25-26,28,30,35,38,51H,4-6,8-9,11-15,17-18,20-24,27,29,31-34,36-37,39-50H2,1-3H3/b10-7-,19-16-,26-25-,30-28-,38-35-/t51-/m0/s1. The first-order chi connectivity index (χ1) is 29.5. The molecule has 0 heterocycles. The van der Waals surface area contributed by atoms with Crippen molar-refractivity contribution in [1.29, 1.82) is 0 Å². The van der Waals surface area contributed by atoms with Crippen molar-refractivity contribution in [3.05, 3.63) is 60.8 Å². The molecule has 6 heteroatoms. The number of hydrogen-bond donors (Lipinski definition) is 0. The molecule has 0 unspecified atom stereocenters. The number of carbonyl (C=O) groups excluding carboxylic acids is 3. The van der Waals surface area contributed by atoms with Gasteiger partial charge in [-0.3, -0.25) is 14.4 Å². The Balaban J connectivity index is 4.45. The van der Waals surface area contributed by atoms with E-state index >= 15 is 0 Å². The summed E-state index contributed by atoms with van der Waals surface area (Å²) < 4.78 is 16.7. The Kier molecular flexibility index (Phi) is 46.4. The maximum absolute atomic E-state index is 12.8. The lowest BCUT2D eigenvalue weighted by Crippen LogP contribution is -2.30. The Bertz CT molecular complexity index is 1100. The Morgan fingerprint density at radius 2 is 0.650 bits per heavy atom. The van der Waals surface area contributed by atoms with E-state index < -0.39 is 6.10 Å². The van der Waals surface area contributed by atoms with Gasteiger partial charge >= 0.3 is 17.9 Å². The Morgan fingerprint density at radius 1 is 0.350 bits per heavy atom. The van der Waals surface area contributed by atoms with Gasteiger partial charge in [-0.2, -0.15) is 0 Å². The third-order valence-corrected chi connectivity index (χ3v) is 10.8. The molecule has 0 saturated carbocycles. The highest BCUT2D eigenvalue weighted by molar-refractivity contribution is 5.71. The van der Waals surface area contributed by atoms with Crippen LogP contribution in [0.25, 0.3) is 0 Å². The van der Waals surface area contributed by atoms with Gasteiger partial charge in [0.25, 0.3) is 0 Å². The molecule has 60 heavy (non-hydrogen) atoms.